The number of hydrogen-bond acceptors (Lipinski definition) is 6. The van der Waals surface area contributed by atoms with Crippen molar-refractivity contribution in [3.63, 3.8) is 0 Å². The number of halogens is 2. The van der Waals surface area contributed by atoms with Crippen LogP contribution in [0.2, 0.25) is 0 Å². The zero-order valence-corrected chi connectivity index (χ0v) is 17.9. The van der Waals surface area contributed by atoms with Crippen molar-refractivity contribution in [3.05, 3.63) is 41.1 Å². The number of nitrogens with zero attached hydrogens (tertiary/aromatic N) is 2. The molecule has 1 aromatic carbocycles. The van der Waals surface area contributed by atoms with Crippen molar-refractivity contribution in [1.82, 2.24) is 4.98 Å². The maximum Gasteiger partial charge on any atom is 0.272 e. The van der Waals surface area contributed by atoms with Gasteiger partial charge in [-0.05, 0) is 30.5 Å². The highest BCUT2D eigenvalue weighted by Crippen LogP contribution is 2.45. The number of rotatable bonds is 7. The lowest BCUT2D eigenvalue weighted by Crippen LogP contribution is -2.30. The molecule has 0 unspecified atom stereocenters. The van der Waals surface area contributed by atoms with Gasteiger partial charge in [-0.25, -0.2) is 13.8 Å². The molecule has 0 amide bonds. The minimum atomic E-state index is -2.56. The second kappa shape index (κ2) is 9.08. The normalized spacial score (nSPS) is 19.9. The Hall–Kier alpha value is -2.90. The molecule has 1 aromatic heterocycles. The van der Waals surface area contributed by atoms with Crippen molar-refractivity contribution < 1.29 is 27.7 Å². The maximum atomic E-state index is 12.8. The number of alkyl halides is 2. The fourth-order valence-corrected chi connectivity index (χ4v) is 4.47. The Morgan fingerprint density at radius 2 is 1.71 bits per heavy atom. The van der Waals surface area contributed by atoms with Crippen LogP contribution in [0.15, 0.2) is 29.4 Å². The highest BCUT2D eigenvalue weighted by atomic mass is 19.3. The van der Waals surface area contributed by atoms with E-state index in [1.54, 1.807) is 26.5 Å². The standard InChI is InChI=1S/C23H26F2N2O4/c1-28-18-10-22(30-3)26-11-16(18)23-15-9-19(29-2)20(31-12-21(24)25)8-14(15)13-6-4-5-7-17(13)27-23/h8-11,13,17,21H,4-7,12H2,1-3H3/t13-,17-/m1/s1. The summed E-state index contributed by atoms with van der Waals surface area (Å²) in [4.78, 5) is 9.44. The second-order valence-electron chi connectivity index (χ2n) is 7.66. The molecule has 4 rings (SSSR count). The van der Waals surface area contributed by atoms with Gasteiger partial charge in [-0.3, -0.25) is 4.99 Å². The van der Waals surface area contributed by atoms with E-state index in [1.165, 1.54) is 7.11 Å². The van der Waals surface area contributed by atoms with E-state index in [-0.39, 0.29) is 12.0 Å². The molecule has 2 aromatic rings. The van der Waals surface area contributed by atoms with Gasteiger partial charge in [0.2, 0.25) is 5.88 Å². The third kappa shape index (κ3) is 4.16. The summed E-state index contributed by atoms with van der Waals surface area (Å²) in [6.07, 6.45) is 3.31. The topological polar surface area (TPSA) is 62.2 Å². The number of aromatic nitrogens is 1. The largest absolute Gasteiger partial charge is 0.496 e. The van der Waals surface area contributed by atoms with Crippen LogP contribution in [0.3, 0.4) is 0 Å². The van der Waals surface area contributed by atoms with Crippen LogP contribution in [0.4, 0.5) is 8.78 Å². The van der Waals surface area contributed by atoms with Crippen molar-refractivity contribution >= 4 is 5.71 Å². The Bertz CT molecular complexity index is 980. The monoisotopic (exact) mass is 432 g/mol. The van der Waals surface area contributed by atoms with E-state index in [4.69, 9.17) is 23.9 Å². The molecule has 0 N–H and O–H groups in total. The molecule has 2 atom stereocenters. The second-order valence-corrected chi connectivity index (χ2v) is 7.66. The van der Waals surface area contributed by atoms with Crippen LogP contribution >= 0.6 is 0 Å². The summed E-state index contributed by atoms with van der Waals surface area (Å²) in [6, 6.07) is 5.50. The zero-order valence-electron chi connectivity index (χ0n) is 17.9. The van der Waals surface area contributed by atoms with E-state index in [2.05, 4.69) is 4.98 Å². The number of methoxy groups -OCH3 is 3. The van der Waals surface area contributed by atoms with Crippen LogP contribution < -0.4 is 18.9 Å². The van der Waals surface area contributed by atoms with Gasteiger partial charge in [0, 0.05) is 23.7 Å². The fraction of sp³-hybridized carbons (Fsp3) is 0.478. The number of fused-ring (bicyclic) bond motifs is 3. The summed E-state index contributed by atoms with van der Waals surface area (Å²) in [5, 5.41) is 0. The van der Waals surface area contributed by atoms with Crippen molar-refractivity contribution in [2.24, 2.45) is 4.99 Å². The molecule has 2 heterocycles. The van der Waals surface area contributed by atoms with Gasteiger partial charge in [-0.1, -0.05) is 12.8 Å². The first-order valence-electron chi connectivity index (χ1n) is 10.3. The number of hydrogen-bond donors (Lipinski definition) is 0. The van der Waals surface area contributed by atoms with Gasteiger partial charge in [0.1, 0.15) is 12.4 Å². The molecule has 166 valence electrons. The summed E-state index contributed by atoms with van der Waals surface area (Å²) >= 11 is 0. The highest BCUT2D eigenvalue weighted by molar-refractivity contribution is 6.16. The molecule has 0 radical (unpaired) electrons. The van der Waals surface area contributed by atoms with Crippen molar-refractivity contribution in [2.75, 3.05) is 27.9 Å². The first kappa shape index (κ1) is 21.3. The SMILES string of the molecule is COc1cc(OC)c(C2=N[C@@H]3CCCC[C@@H]3c3cc(OCC(F)F)c(OC)cc32)cn1. The number of aliphatic imine (C=N–C) groups is 1. The summed E-state index contributed by atoms with van der Waals surface area (Å²) in [6.45, 7) is -0.680. The van der Waals surface area contributed by atoms with Crippen LogP contribution in [-0.2, 0) is 0 Å². The van der Waals surface area contributed by atoms with Gasteiger partial charge in [-0.15, -0.1) is 0 Å². The first-order chi connectivity index (χ1) is 15.0. The maximum absolute atomic E-state index is 12.8. The predicted molar refractivity (Wildman–Crippen MR) is 112 cm³/mol. The van der Waals surface area contributed by atoms with Crippen LogP contribution in [0.1, 0.15) is 48.3 Å². The van der Waals surface area contributed by atoms with E-state index in [1.807, 2.05) is 12.1 Å². The molecular formula is C23H26F2N2O4. The zero-order chi connectivity index (χ0) is 22.0. The van der Waals surface area contributed by atoms with Crippen LogP contribution in [0.25, 0.3) is 0 Å². The smallest absolute Gasteiger partial charge is 0.272 e. The molecule has 1 aliphatic heterocycles. The minimum absolute atomic E-state index is 0.111. The van der Waals surface area contributed by atoms with Gasteiger partial charge in [0.25, 0.3) is 6.43 Å². The summed E-state index contributed by atoms with van der Waals surface area (Å²) in [5.41, 5.74) is 3.42. The van der Waals surface area contributed by atoms with E-state index >= 15 is 0 Å². The Morgan fingerprint density at radius 3 is 2.42 bits per heavy atom. The minimum Gasteiger partial charge on any atom is -0.496 e. The molecule has 0 spiro atoms. The molecule has 0 saturated heterocycles. The predicted octanol–water partition coefficient (Wildman–Crippen LogP) is 4.63. The first-order valence-corrected chi connectivity index (χ1v) is 10.3. The number of benzene rings is 1. The van der Waals surface area contributed by atoms with Crippen molar-refractivity contribution in [3.8, 4) is 23.1 Å². The number of ether oxygens (including phenoxy) is 4. The van der Waals surface area contributed by atoms with Gasteiger partial charge in [0.15, 0.2) is 11.5 Å². The van der Waals surface area contributed by atoms with Gasteiger partial charge >= 0.3 is 0 Å². The molecular weight excluding hydrogens is 406 g/mol. The van der Waals surface area contributed by atoms with Gasteiger partial charge in [0.05, 0.1) is 38.6 Å². The number of pyridine rings is 1. The molecule has 6 nitrogen and oxygen atoms in total. The summed E-state index contributed by atoms with van der Waals surface area (Å²) in [5.74, 6) is 1.97. The summed E-state index contributed by atoms with van der Waals surface area (Å²) in [7, 11) is 4.64. The van der Waals surface area contributed by atoms with E-state index < -0.39 is 13.0 Å². The average molecular weight is 432 g/mol. The van der Waals surface area contributed by atoms with Gasteiger partial charge in [-0.2, -0.15) is 0 Å². The molecule has 8 heteroatoms. The summed E-state index contributed by atoms with van der Waals surface area (Å²) < 4.78 is 47.2. The van der Waals surface area contributed by atoms with E-state index in [0.29, 0.717) is 23.1 Å². The van der Waals surface area contributed by atoms with Crippen molar-refractivity contribution in [2.45, 2.75) is 44.1 Å². The van der Waals surface area contributed by atoms with Crippen LogP contribution in [0, 0.1) is 0 Å². The lowest BCUT2D eigenvalue weighted by Gasteiger charge is -2.36. The Labute approximate surface area is 180 Å². The quantitative estimate of drug-likeness (QED) is 0.639. The Balaban J connectivity index is 1.86. The lowest BCUT2D eigenvalue weighted by molar-refractivity contribution is 0.0803. The molecule has 0 bridgehead atoms. The molecule has 2 aliphatic rings. The van der Waals surface area contributed by atoms with Gasteiger partial charge < -0.3 is 18.9 Å². The van der Waals surface area contributed by atoms with E-state index in [0.717, 1.165) is 48.1 Å². The van der Waals surface area contributed by atoms with Crippen molar-refractivity contribution in [1.29, 1.82) is 0 Å². The molecule has 1 saturated carbocycles. The molecule has 31 heavy (non-hydrogen) atoms. The molecule has 1 aliphatic carbocycles. The third-order valence-electron chi connectivity index (χ3n) is 5.90. The van der Waals surface area contributed by atoms with Crippen LogP contribution in [-0.4, -0.2) is 51.1 Å². The fourth-order valence-electron chi connectivity index (χ4n) is 4.47. The molecule has 1 fully saturated rings. The average Bonchev–Trinajstić information content (AvgIpc) is 2.81. The highest BCUT2D eigenvalue weighted by Gasteiger charge is 2.35. The Kier molecular flexibility index (Phi) is 6.25. The Morgan fingerprint density at radius 1 is 0.935 bits per heavy atom. The van der Waals surface area contributed by atoms with Crippen LogP contribution in [0.5, 0.6) is 23.1 Å². The van der Waals surface area contributed by atoms with E-state index in [9.17, 15) is 8.78 Å². The third-order valence-corrected chi connectivity index (χ3v) is 5.90. The lowest BCUT2D eigenvalue weighted by atomic mass is 9.75.